The van der Waals surface area contributed by atoms with Crippen molar-refractivity contribution in [2.75, 3.05) is 13.2 Å². The average Bonchev–Trinajstić information content (AvgIpc) is 2.61. The minimum atomic E-state index is -0.244. The summed E-state index contributed by atoms with van der Waals surface area (Å²) in [6.45, 7) is 7.25. The molecule has 2 aromatic rings. The number of amides is 1. The fourth-order valence-electron chi connectivity index (χ4n) is 2.55. The normalized spacial score (nSPS) is 11.1. The molecule has 2 N–H and O–H groups in total. The lowest BCUT2D eigenvalue weighted by atomic mass is 9.87. The number of nitrogens with zero attached hydrogens (tertiary/aromatic N) is 1. The maximum Gasteiger partial charge on any atom is 0.257 e. The van der Waals surface area contributed by atoms with Gasteiger partial charge >= 0.3 is 0 Å². The Morgan fingerprint density at radius 3 is 2.23 bits per heavy atom. The van der Waals surface area contributed by atoms with E-state index in [1.165, 1.54) is 5.56 Å². The van der Waals surface area contributed by atoms with Crippen LogP contribution < -0.4 is 5.32 Å². The Morgan fingerprint density at radius 2 is 1.69 bits per heavy atom. The predicted molar refractivity (Wildman–Crippen MR) is 109 cm³/mol. The second-order valence-electron chi connectivity index (χ2n) is 7.22. The minimum Gasteiger partial charge on any atom is -0.395 e. The number of hydrogen-bond donors (Lipinski definition) is 2. The van der Waals surface area contributed by atoms with Gasteiger partial charge in [0.15, 0.2) is 5.11 Å². The van der Waals surface area contributed by atoms with E-state index in [1.807, 2.05) is 54.6 Å². The molecular formula is C21H26N2O2S. The SMILES string of the molecule is CC(C)(C)c1ccc(C(=O)NC(=S)N(CCO)Cc2ccccc2)cc1. The van der Waals surface area contributed by atoms with Gasteiger partial charge in [0.25, 0.3) is 5.91 Å². The van der Waals surface area contributed by atoms with Crippen LogP contribution in [0.1, 0.15) is 42.3 Å². The lowest BCUT2D eigenvalue weighted by Crippen LogP contribution is -2.43. The molecule has 2 aromatic carbocycles. The zero-order valence-corrected chi connectivity index (χ0v) is 16.3. The number of thiocarbonyl (C=S) groups is 1. The van der Waals surface area contributed by atoms with E-state index in [1.54, 1.807) is 4.90 Å². The molecular weight excluding hydrogens is 344 g/mol. The van der Waals surface area contributed by atoms with Crippen molar-refractivity contribution in [3.8, 4) is 0 Å². The highest BCUT2D eigenvalue weighted by Crippen LogP contribution is 2.22. The van der Waals surface area contributed by atoms with Crippen molar-refractivity contribution in [1.82, 2.24) is 10.2 Å². The van der Waals surface area contributed by atoms with Gasteiger partial charge in [-0.05, 0) is 40.9 Å². The Bertz CT molecular complexity index is 737. The Morgan fingerprint density at radius 1 is 1.08 bits per heavy atom. The van der Waals surface area contributed by atoms with Crippen molar-refractivity contribution in [1.29, 1.82) is 0 Å². The van der Waals surface area contributed by atoms with Gasteiger partial charge in [-0.2, -0.15) is 0 Å². The van der Waals surface area contributed by atoms with Gasteiger partial charge in [-0.1, -0.05) is 63.2 Å². The first-order chi connectivity index (χ1) is 12.3. The van der Waals surface area contributed by atoms with Crippen molar-refractivity contribution in [2.24, 2.45) is 0 Å². The van der Waals surface area contributed by atoms with Crippen LogP contribution in [0.5, 0.6) is 0 Å². The van der Waals surface area contributed by atoms with E-state index in [2.05, 4.69) is 26.1 Å². The topological polar surface area (TPSA) is 52.6 Å². The van der Waals surface area contributed by atoms with Gasteiger partial charge in [0.1, 0.15) is 0 Å². The molecule has 0 aliphatic heterocycles. The number of aliphatic hydroxyl groups excluding tert-OH is 1. The fraction of sp³-hybridized carbons (Fsp3) is 0.333. The Kier molecular flexibility index (Phi) is 6.89. The largest absolute Gasteiger partial charge is 0.395 e. The summed E-state index contributed by atoms with van der Waals surface area (Å²) in [5, 5.41) is 12.4. The van der Waals surface area contributed by atoms with Gasteiger partial charge in [0, 0.05) is 18.7 Å². The molecule has 2 rings (SSSR count). The smallest absolute Gasteiger partial charge is 0.257 e. The van der Waals surface area contributed by atoms with Gasteiger partial charge in [-0.15, -0.1) is 0 Å². The quantitative estimate of drug-likeness (QED) is 0.791. The zero-order valence-electron chi connectivity index (χ0n) is 15.5. The van der Waals surface area contributed by atoms with Crippen LogP contribution in [-0.4, -0.2) is 34.2 Å². The molecule has 0 unspecified atom stereocenters. The summed E-state index contributed by atoms with van der Waals surface area (Å²) >= 11 is 5.38. The first-order valence-electron chi connectivity index (χ1n) is 8.67. The number of nitrogens with one attached hydrogen (secondary N) is 1. The molecule has 0 spiro atoms. The summed E-state index contributed by atoms with van der Waals surface area (Å²) in [5.41, 5.74) is 2.83. The highest BCUT2D eigenvalue weighted by Gasteiger charge is 2.16. The van der Waals surface area contributed by atoms with Crippen LogP contribution in [0.3, 0.4) is 0 Å². The highest BCUT2D eigenvalue weighted by molar-refractivity contribution is 7.80. The van der Waals surface area contributed by atoms with Crippen molar-refractivity contribution >= 4 is 23.2 Å². The van der Waals surface area contributed by atoms with E-state index >= 15 is 0 Å². The molecule has 0 bridgehead atoms. The summed E-state index contributed by atoms with van der Waals surface area (Å²) in [4.78, 5) is 14.3. The van der Waals surface area contributed by atoms with E-state index in [9.17, 15) is 9.90 Å². The molecule has 0 saturated heterocycles. The Labute approximate surface area is 160 Å². The van der Waals surface area contributed by atoms with Crippen molar-refractivity contribution in [3.05, 3.63) is 71.3 Å². The summed E-state index contributed by atoms with van der Waals surface area (Å²) in [6.07, 6.45) is 0. The summed E-state index contributed by atoms with van der Waals surface area (Å²) < 4.78 is 0. The third kappa shape index (κ3) is 5.64. The van der Waals surface area contributed by atoms with E-state index < -0.39 is 0 Å². The summed E-state index contributed by atoms with van der Waals surface area (Å²) in [6, 6.07) is 17.4. The van der Waals surface area contributed by atoms with E-state index in [0.717, 1.165) is 5.56 Å². The van der Waals surface area contributed by atoms with Crippen LogP contribution in [0, 0.1) is 0 Å². The monoisotopic (exact) mass is 370 g/mol. The number of hydrogen-bond acceptors (Lipinski definition) is 3. The zero-order chi connectivity index (χ0) is 19.2. The third-order valence-corrected chi connectivity index (χ3v) is 4.47. The second kappa shape index (κ2) is 8.92. The third-order valence-electron chi connectivity index (χ3n) is 4.11. The van der Waals surface area contributed by atoms with Gasteiger partial charge in [0.05, 0.1) is 6.61 Å². The van der Waals surface area contributed by atoms with Crippen LogP contribution in [0.15, 0.2) is 54.6 Å². The minimum absolute atomic E-state index is 0.0386. The maximum absolute atomic E-state index is 12.5. The van der Waals surface area contributed by atoms with Crippen molar-refractivity contribution in [3.63, 3.8) is 0 Å². The van der Waals surface area contributed by atoms with Crippen molar-refractivity contribution in [2.45, 2.75) is 32.7 Å². The Balaban J connectivity index is 2.04. The number of carbonyl (C=O) groups is 1. The molecule has 0 atom stereocenters. The highest BCUT2D eigenvalue weighted by atomic mass is 32.1. The number of aliphatic hydroxyl groups is 1. The molecule has 26 heavy (non-hydrogen) atoms. The standard InChI is InChI=1S/C21H26N2O2S/c1-21(2,3)18-11-9-17(10-12-18)19(25)22-20(26)23(13-14-24)15-16-7-5-4-6-8-16/h4-12,24H,13-15H2,1-3H3,(H,22,25,26). The molecule has 0 aromatic heterocycles. The van der Waals surface area contributed by atoms with E-state index in [4.69, 9.17) is 12.2 Å². The van der Waals surface area contributed by atoms with Crippen molar-refractivity contribution < 1.29 is 9.90 Å². The van der Waals surface area contributed by atoms with Crippen LogP contribution in [0.4, 0.5) is 0 Å². The van der Waals surface area contributed by atoms with Crippen LogP contribution in [0.2, 0.25) is 0 Å². The Hall–Kier alpha value is -2.24. The molecule has 0 aliphatic carbocycles. The number of carbonyl (C=O) groups excluding carboxylic acids is 1. The van der Waals surface area contributed by atoms with E-state index in [0.29, 0.717) is 23.8 Å². The molecule has 0 heterocycles. The molecule has 5 heteroatoms. The van der Waals surface area contributed by atoms with Crippen LogP contribution in [0.25, 0.3) is 0 Å². The molecule has 4 nitrogen and oxygen atoms in total. The van der Waals surface area contributed by atoms with Gasteiger partial charge < -0.3 is 10.0 Å². The first-order valence-corrected chi connectivity index (χ1v) is 9.07. The fourth-order valence-corrected chi connectivity index (χ4v) is 2.80. The predicted octanol–water partition coefficient (Wildman–Crippen LogP) is 3.49. The van der Waals surface area contributed by atoms with Crippen LogP contribution in [-0.2, 0) is 12.0 Å². The summed E-state index contributed by atoms with van der Waals surface area (Å²) in [5.74, 6) is -0.244. The average molecular weight is 371 g/mol. The molecule has 0 saturated carbocycles. The number of rotatable bonds is 5. The van der Waals surface area contributed by atoms with E-state index in [-0.39, 0.29) is 17.9 Å². The molecule has 0 aliphatic rings. The second-order valence-corrected chi connectivity index (χ2v) is 7.60. The molecule has 1 amide bonds. The van der Waals surface area contributed by atoms with Gasteiger partial charge in [-0.25, -0.2) is 0 Å². The van der Waals surface area contributed by atoms with Gasteiger partial charge in [-0.3, -0.25) is 10.1 Å². The first kappa shape index (κ1) is 20.1. The lowest BCUT2D eigenvalue weighted by Gasteiger charge is -2.25. The van der Waals surface area contributed by atoms with Gasteiger partial charge in [0.2, 0.25) is 0 Å². The maximum atomic E-state index is 12.5. The molecule has 0 fully saturated rings. The number of benzene rings is 2. The molecule has 138 valence electrons. The summed E-state index contributed by atoms with van der Waals surface area (Å²) in [7, 11) is 0. The van der Waals surface area contributed by atoms with Crippen LogP contribution >= 0.6 is 12.2 Å². The lowest BCUT2D eigenvalue weighted by molar-refractivity contribution is 0.0971. The molecule has 0 radical (unpaired) electrons.